The summed E-state index contributed by atoms with van der Waals surface area (Å²) in [6.45, 7) is 4.58. The summed E-state index contributed by atoms with van der Waals surface area (Å²) in [6.07, 6.45) is 8.77. The van der Waals surface area contributed by atoms with Crippen LogP contribution in [0.4, 0.5) is 5.82 Å². The lowest BCUT2D eigenvalue weighted by molar-refractivity contribution is 0.308. The highest BCUT2D eigenvalue weighted by atomic mass is 15.3. The largest absolute Gasteiger partial charge is 0.384 e. The third-order valence-corrected chi connectivity index (χ3v) is 4.22. The van der Waals surface area contributed by atoms with Crippen LogP contribution in [0, 0.1) is 0 Å². The minimum absolute atomic E-state index is 0.262. The highest BCUT2D eigenvalue weighted by Crippen LogP contribution is 2.41. The van der Waals surface area contributed by atoms with Gasteiger partial charge in [0, 0.05) is 18.0 Å². The molecule has 0 saturated heterocycles. The lowest BCUT2D eigenvalue weighted by Crippen LogP contribution is -2.27. The summed E-state index contributed by atoms with van der Waals surface area (Å²) in [7, 11) is 1.96. The molecule has 1 heterocycles. The second kappa shape index (κ2) is 4.71. The van der Waals surface area contributed by atoms with Gasteiger partial charge in [-0.2, -0.15) is 5.10 Å². The molecule has 2 N–H and O–H groups in total. The molecule has 3 heteroatoms. The molecule has 0 aromatic carbocycles. The molecule has 0 spiro atoms. The Morgan fingerprint density at radius 2 is 1.94 bits per heavy atom. The molecule has 1 fully saturated rings. The van der Waals surface area contributed by atoms with E-state index in [2.05, 4.69) is 13.8 Å². The topological polar surface area (TPSA) is 43.8 Å². The zero-order chi connectivity index (χ0) is 12.5. The number of nitrogens with two attached hydrogens (primary N) is 1. The lowest BCUT2D eigenvalue weighted by Gasteiger charge is -2.32. The van der Waals surface area contributed by atoms with Gasteiger partial charge < -0.3 is 5.73 Å². The minimum atomic E-state index is 0.262. The van der Waals surface area contributed by atoms with E-state index >= 15 is 0 Å². The van der Waals surface area contributed by atoms with Crippen molar-refractivity contribution < 1.29 is 0 Å². The number of hydrogen-bond acceptors (Lipinski definition) is 2. The van der Waals surface area contributed by atoms with Crippen molar-refractivity contribution in [2.24, 2.45) is 7.05 Å². The van der Waals surface area contributed by atoms with Crippen LogP contribution in [0.25, 0.3) is 0 Å². The second-order valence-corrected chi connectivity index (χ2v) is 5.71. The monoisotopic (exact) mass is 235 g/mol. The highest BCUT2D eigenvalue weighted by Gasteiger charge is 2.34. The van der Waals surface area contributed by atoms with E-state index in [0.717, 1.165) is 18.7 Å². The molecule has 0 unspecified atom stereocenters. The summed E-state index contributed by atoms with van der Waals surface area (Å²) in [4.78, 5) is 0. The molecule has 1 aliphatic rings. The molecule has 1 aliphatic carbocycles. The van der Waals surface area contributed by atoms with E-state index in [9.17, 15) is 0 Å². The number of anilines is 1. The van der Waals surface area contributed by atoms with Gasteiger partial charge in [0.25, 0.3) is 0 Å². The van der Waals surface area contributed by atoms with E-state index in [0.29, 0.717) is 0 Å². The Morgan fingerprint density at radius 1 is 1.29 bits per heavy atom. The van der Waals surface area contributed by atoms with Crippen LogP contribution in [-0.2, 0) is 18.9 Å². The van der Waals surface area contributed by atoms with Gasteiger partial charge in [-0.1, -0.05) is 39.5 Å². The Hall–Kier alpha value is -0.990. The van der Waals surface area contributed by atoms with Crippen molar-refractivity contribution >= 4 is 5.82 Å². The van der Waals surface area contributed by atoms with Crippen molar-refractivity contribution in [3.05, 3.63) is 11.3 Å². The van der Waals surface area contributed by atoms with Crippen molar-refractivity contribution in [3.63, 3.8) is 0 Å². The van der Waals surface area contributed by atoms with E-state index in [4.69, 9.17) is 10.8 Å². The predicted molar refractivity (Wildman–Crippen MR) is 72.1 cm³/mol. The molecule has 1 saturated carbocycles. The maximum absolute atomic E-state index is 6.16. The summed E-state index contributed by atoms with van der Waals surface area (Å²) in [5.41, 5.74) is 9.00. The average Bonchev–Trinajstić information content (AvgIpc) is 2.59. The Bertz CT molecular complexity index is 386. The first-order valence-electron chi connectivity index (χ1n) is 6.90. The molecular weight excluding hydrogens is 210 g/mol. The van der Waals surface area contributed by atoms with Gasteiger partial charge in [-0.15, -0.1) is 0 Å². The van der Waals surface area contributed by atoms with Crippen molar-refractivity contribution in [2.75, 3.05) is 5.73 Å². The highest BCUT2D eigenvalue weighted by molar-refractivity contribution is 5.46. The van der Waals surface area contributed by atoms with Crippen LogP contribution in [0.2, 0.25) is 0 Å². The molecule has 1 aromatic rings. The maximum Gasteiger partial charge on any atom is 0.124 e. The fraction of sp³-hybridized carbons (Fsp3) is 0.786. The van der Waals surface area contributed by atoms with E-state index in [1.54, 1.807) is 0 Å². The molecule has 0 amide bonds. The first kappa shape index (κ1) is 12.5. The summed E-state index contributed by atoms with van der Waals surface area (Å²) in [6, 6.07) is 0. The van der Waals surface area contributed by atoms with Gasteiger partial charge >= 0.3 is 0 Å². The van der Waals surface area contributed by atoms with Crippen molar-refractivity contribution in [1.29, 1.82) is 0 Å². The maximum atomic E-state index is 6.16. The molecular formula is C14H25N3. The quantitative estimate of drug-likeness (QED) is 0.874. The van der Waals surface area contributed by atoms with Crippen LogP contribution in [-0.4, -0.2) is 9.78 Å². The van der Waals surface area contributed by atoms with Gasteiger partial charge in [0.15, 0.2) is 0 Å². The molecule has 17 heavy (non-hydrogen) atoms. The van der Waals surface area contributed by atoms with E-state index in [-0.39, 0.29) is 5.41 Å². The molecule has 0 bridgehead atoms. The zero-order valence-electron chi connectivity index (χ0n) is 11.4. The van der Waals surface area contributed by atoms with Crippen LogP contribution in [0.1, 0.15) is 63.6 Å². The van der Waals surface area contributed by atoms with Gasteiger partial charge in [0.2, 0.25) is 0 Å². The van der Waals surface area contributed by atoms with Crippen LogP contribution in [0.5, 0.6) is 0 Å². The number of nitrogens with zero attached hydrogens (tertiary/aromatic N) is 2. The lowest BCUT2D eigenvalue weighted by atomic mass is 9.72. The first-order valence-corrected chi connectivity index (χ1v) is 6.90. The standard InChI is InChI=1S/C14H25N3/c1-4-8-11-12(16-17(3)13(11)15)14(2)9-6-5-7-10-14/h4-10,15H2,1-3H3. The van der Waals surface area contributed by atoms with Crippen molar-refractivity contribution in [3.8, 4) is 0 Å². The number of rotatable bonds is 3. The van der Waals surface area contributed by atoms with E-state index in [1.165, 1.54) is 43.4 Å². The predicted octanol–water partition coefficient (Wildman–Crippen LogP) is 3.18. The fourth-order valence-corrected chi connectivity index (χ4v) is 3.13. The Labute approximate surface area is 104 Å². The van der Waals surface area contributed by atoms with Crippen LogP contribution in [0.3, 0.4) is 0 Å². The van der Waals surface area contributed by atoms with Crippen LogP contribution >= 0.6 is 0 Å². The van der Waals surface area contributed by atoms with Gasteiger partial charge in [-0.05, 0) is 19.3 Å². The molecule has 1 aromatic heterocycles. The molecule has 96 valence electrons. The molecule has 0 radical (unpaired) electrons. The second-order valence-electron chi connectivity index (χ2n) is 5.71. The average molecular weight is 235 g/mol. The fourth-order valence-electron chi connectivity index (χ4n) is 3.13. The number of nitrogen functional groups attached to an aromatic ring is 1. The zero-order valence-corrected chi connectivity index (χ0v) is 11.4. The number of aromatic nitrogens is 2. The van der Waals surface area contributed by atoms with Crippen LogP contribution in [0.15, 0.2) is 0 Å². The van der Waals surface area contributed by atoms with Crippen LogP contribution < -0.4 is 5.73 Å². The molecule has 3 nitrogen and oxygen atoms in total. The van der Waals surface area contributed by atoms with Gasteiger partial charge in [-0.3, -0.25) is 4.68 Å². The molecule has 0 atom stereocenters. The van der Waals surface area contributed by atoms with Gasteiger partial charge in [0.1, 0.15) is 5.82 Å². The Morgan fingerprint density at radius 3 is 2.53 bits per heavy atom. The number of aryl methyl sites for hydroxylation is 1. The SMILES string of the molecule is CCCc1c(C2(C)CCCCC2)nn(C)c1N. The van der Waals surface area contributed by atoms with E-state index in [1.807, 2.05) is 11.7 Å². The Kier molecular flexibility index (Phi) is 3.45. The van der Waals surface area contributed by atoms with Crippen molar-refractivity contribution in [2.45, 2.75) is 64.2 Å². The van der Waals surface area contributed by atoms with E-state index < -0.39 is 0 Å². The molecule has 2 rings (SSSR count). The third kappa shape index (κ3) is 2.20. The summed E-state index contributed by atoms with van der Waals surface area (Å²) >= 11 is 0. The Balaban J connectivity index is 2.39. The summed E-state index contributed by atoms with van der Waals surface area (Å²) in [5.74, 6) is 0.869. The number of hydrogen-bond donors (Lipinski definition) is 1. The third-order valence-electron chi connectivity index (χ3n) is 4.22. The van der Waals surface area contributed by atoms with Crippen molar-refractivity contribution in [1.82, 2.24) is 9.78 Å². The van der Waals surface area contributed by atoms with Gasteiger partial charge in [0.05, 0.1) is 5.69 Å². The smallest absolute Gasteiger partial charge is 0.124 e. The minimum Gasteiger partial charge on any atom is -0.384 e. The normalized spacial score (nSPS) is 19.5. The van der Waals surface area contributed by atoms with Gasteiger partial charge in [-0.25, -0.2) is 0 Å². The summed E-state index contributed by atoms with van der Waals surface area (Å²) < 4.78 is 1.86. The first-order chi connectivity index (χ1) is 8.08. The molecule has 0 aliphatic heterocycles. The summed E-state index contributed by atoms with van der Waals surface area (Å²) in [5, 5.41) is 4.72.